The lowest BCUT2D eigenvalue weighted by Crippen LogP contribution is -2.16. The number of halogens is 1. The van der Waals surface area contributed by atoms with E-state index in [4.69, 9.17) is 16.7 Å². The summed E-state index contributed by atoms with van der Waals surface area (Å²) >= 11 is 5.82. The lowest BCUT2D eigenvalue weighted by atomic mass is 10.0. The van der Waals surface area contributed by atoms with Gasteiger partial charge in [0.25, 0.3) is 0 Å². The third kappa shape index (κ3) is 4.58. The Balaban J connectivity index is 2.16. The number of carboxylic acids is 1. The van der Waals surface area contributed by atoms with Crippen molar-refractivity contribution in [2.45, 2.75) is 5.75 Å². The van der Waals surface area contributed by atoms with Crippen LogP contribution in [-0.4, -0.2) is 25.2 Å². The molecule has 0 fully saturated rings. The molecule has 0 aliphatic rings. The van der Waals surface area contributed by atoms with Crippen molar-refractivity contribution in [3.05, 3.63) is 59.1 Å². The average molecular weight is 325 g/mol. The van der Waals surface area contributed by atoms with E-state index in [9.17, 15) is 13.2 Å². The minimum atomic E-state index is -3.63. The fourth-order valence-electron chi connectivity index (χ4n) is 1.93. The summed E-state index contributed by atoms with van der Waals surface area (Å²) < 4.78 is 23.2. The summed E-state index contributed by atoms with van der Waals surface area (Å²) in [5.41, 5.74) is 2.47. The second-order valence-corrected chi connectivity index (χ2v) is 7.13. The summed E-state index contributed by atoms with van der Waals surface area (Å²) in [5, 5.41) is 9.20. The minimum Gasteiger partial charge on any atom is -0.480 e. The van der Waals surface area contributed by atoms with E-state index in [1.807, 2.05) is 12.1 Å². The van der Waals surface area contributed by atoms with Gasteiger partial charge in [-0.2, -0.15) is 0 Å². The van der Waals surface area contributed by atoms with Crippen LogP contribution in [0.2, 0.25) is 5.02 Å². The van der Waals surface area contributed by atoms with Gasteiger partial charge in [-0.25, -0.2) is 8.42 Å². The Hall–Kier alpha value is -1.85. The van der Waals surface area contributed by atoms with E-state index in [0.717, 1.165) is 11.1 Å². The number of benzene rings is 2. The molecule has 2 aromatic carbocycles. The van der Waals surface area contributed by atoms with E-state index in [1.165, 1.54) is 0 Å². The van der Waals surface area contributed by atoms with Crippen molar-refractivity contribution in [2.75, 3.05) is 5.75 Å². The van der Waals surface area contributed by atoms with E-state index in [-0.39, 0.29) is 5.75 Å². The molecule has 1 N–H and O–H groups in total. The second kappa shape index (κ2) is 6.28. The highest BCUT2D eigenvalue weighted by atomic mass is 35.5. The second-order valence-electron chi connectivity index (χ2n) is 4.63. The zero-order valence-electron chi connectivity index (χ0n) is 11.0. The molecule has 0 bridgehead atoms. The van der Waals surface area contributed by atoms with Crippen LogP contribution in [0.1, 0.15) is 5.56 Å². The first kappa shape index (κ1) is 15.5. The topological polar surface area (TPSA) is 71.4 Å². The Kier molecular flexibility index (Phi) is 4.65. The fraction of sp³-hybridized carbons (Fsp3) is 0.133. The lowest BCUT2D eigenvalue weighted by molar-refractivity contribution is -0.134. The number of carbonyl (C=O) groups is 1. The Morgan fingerprint density at radius 2 is 1.43 bits per heavy atom. The molecule has 0 spiro atoms. The largest absolute Gasteiger partial charge is 0.480 e. The monoisotopic (exact) mass is 324 g/mol. The van der Waals surface area contributed by atoms with Gasteiger partial charge in [0.1, 0.15) is 5.75 Å². The van der Waals surface area contributed by atoms with E-state index >= 15 is 0 Å². The normalized spacial score (nSPS) is 11.3. The van der Waals surface area contributed by atoms with Crippen molar-refractivity contribution in [1.29, 1.82) is 0 Å². The average Bonchev–Trinajstić information content (AvgIpc) is 2.38. The van der Waals surface area contributed by atoms with Crippen LogP contribution in [0.15, 0.2) is 48.5 Å². The molecule has 2 aromatic rings. The summed E-state index contributed by atoms with van der Waals surface area (Å²) in [6, 6.07) is 14.3. The van der Waals surface area contributed by atoms with Crippen LogP contribution in [0, 0.1) is 0 Å². The van der Waals surface area contributed by atoms with Crippen LogP contribution in [0.3, 0.4) is 0 Å². The smallest absolute Gasteiger partial charge is 0.318 e. The quantitative estimate of drug-likeness (QED) is 0.917. The molecule has 0 aliphatic carbocycles. The van der Waals surface area contributed by atoms with Crippen LogP contribution in [0.25, 0.3) is 11.1 Å². The molecule has 21 heavy (non-hydrogen) atoms. The molecule has 0 aliphatic heterocycles. The molecule has 0 saturated heterocycles. The predicted molar refractivity (Wildman–Crippen MR) is 82.0 cm³/mol. The maximum Gasteiger partial charge on any atom is 0.318 e. The number of sulfone groups is 1. The number of hydrogen-bond acceptors (Lipinski definition) is 3. The summed E-state index contributed by atoms with van der Waals surface area (Å²) in [5.74, 6) is -2.47. The Morgan fingerprint density at radius 1 is 0.952 bits per heavy atom. The first-order chi connectivity index (χ1) is 9.85. The number of rotatable bonds is 5. The van der Waals surface area contributed by atoms with Crippen molar-refractivity contribution >= 4 is 27.4 Å². The standard InChI is InChI=1S/C15H13ClO4S/c16-14-7-5-13(6-8-14)12-3-1-11(2-4-12)9-21(19,20)10-15(17)18/h1-8H,9-10H2,(H,17,18). The van der Waals surface area contributed by atoms with E-state index in [2.05, 4.69) is 0 Å². The van der Waals surface area contributed by atoms with Crippen molar-refractivity contribution in [1.82, 2.24) is 0 Å². The Bertz CT molecular complexity index is 734. The molecule has 0 aromatic heterocycles. The maximum atomic E-state index is 11.6. The van der Waals surface area contributed by atoms with Crippen LogP contribution < -0.4 is 0 Å². The molecular formula is C15H13ClO4S. The molecule has 0 unspecified atom stereocenters. The van der Waals surface area contributed by atoms with Crippen molar-refractivity contribution in [3.63, 3.8) is 0 Å². The van der Waals surface area contributed by atoms with Crippen LogP contribution in [0.5, 0.6) is 0 Å². The molecule has 2 rings (SSSR count). The summed E-state index contributed by atoms with van der Waals surface area (Å²) in [4.78, 5) is 10.5. The van der Waals surface area contributed by atoms with Gasteiger partial charge in [0.05, 0.1) is 5.75 Å². The Labute approximate surface area is 127 Å². The third-order valence-corrected chi connectivity index (χ3v) is 4.57. The lowest BCUT2D eigenvalue weighted by Gasteiger charge is -2.05. The molecule has 0 saturated carbocycles. The van der Waals surface area contributed by atoms with Crippen molar-refractivity contribution in [2.24, 2.45) is 0 Å². The van der Waals surface area contributed by atoms with Gasteiger partial charge in [-0.1, -0.05) is 48.0 Å². The molecular weight excluding hydrogens is 312 g/mol. The van der Waals surface area contributed by atoms with E-state index in [1.54, 1.807) is 36.4 Å². The fourth-order valence-corrected chi connectivity index (χ4v) is 3.23. The molecule has 0 heterocycles. The zero-order chi connectivity index (χ0) is 15.5. The van der Waals surface area contributed by atoms with Gasteiger partial charge in [0.2, 0.25) is 0 Å². The molecule has 0 atom stereocenters. The molecule has 6 heteroatoms. The summed E-state index contributed by atoms with van der Waals surface area (Å²) in [6.07, 6.45) is 0. The minimum absolute atomic E-state index is 0.278. The van der Waals surface area contributed by atoms with Gasteiger partial charge in [-0.05, 0) is 28.8 Å². The molecule has 0 amide bonds. The van der Waals surface area contributed by atoms with Crippen LogP contribution in [0.4, 0.5) is 0 Å². The first-order valence-corrected chi connectivity index (χ1v) is 8.33. The summed E-state index contributed by atoms with van der Waals surface area (Å²) in [6.45, 7) is 0. The van der Waals surface area contributed by atoms with Crippen LogP contribution in [-0.2, 0) is 20.4 Å². The number of carboxylic acid groups (broad SMARTS) is 1. The predicted octanol–water partition coefficient (Wildman–Crippen LogP) is 3.01. The number of hydrogen-bond donors (Lipinski definition) is 1. The molecule has 110 valence electrons. The highest BCUT2D eigenvalue weighted by Crippen LogP contribution is 2.22. The maximum absolute atomic E-state index is 11.6. The highest BCUT2D eigenvalue weighted by molar-refractivity contribution is 7.91. The van der Waals surface area contributed by atoms with Crippen molar-refractivity contribution < 1.29 is 18.3 Å². The SMILES string of the molecule is O=C(O)CS(=O)(=O)Cc1ccc(-c2ccc(Cl)cc2)cc1. The van der Waals surface area contributed by atoms with Crippen LogP contribution >= 0.6 is 11.6 Å². The summed E-state index contributed by atoms with van der Waals surface area (Å²) in [7, 11) is -3.63. The van der Waals surface area contributed by atoms with E-state index in [0.29, 0.717) is 10.6 Å². The third-order valence-electron chi connectivity index (χ3n) is 2.86. The van der Waals surface area contributed by atoms with Gasteiger partial charge in [-0.15, -0.1) is 0 Å². The Morgan fingerprint density at radius 3 is 1.90 bits per heavy atom. The van der Waals surface area contributed by atoms with E-state index < -0.39 is 21.6 Å². The molecule has 0 radical (unpaired) electrons. The van der Waals surface area contributed by atoms with Gasteiger partial charge < -0.3 is 5.11 Å². The number of aliphatic carboxylic acids is 1. The first-order valence-electron chi connectivity index (χ1n) is 6.13. The zero-order valence-corrected chi connectivity index (χ0v) is 12.6. The van der Waals surface area contributed by atoms with Gasteiger partial charge in [0.15, 0.2) is 9.84 Å². The van der Waals surface area contributed by atoms with Crippen molar-refractivity contribution in [3.8, 4) is 11.1 Å². The van der Waals surface area contributed by atoms with Gasteiger partial charge in [0, 0.05) is 5.02 Å². The highest BCUT2D eigenvalue weighted by Gasteiger charge is 2.16. The van der Waals surface area contributed by atoms with Gasteiger partial charge in [-0.3, -0.25) is 4.79 Å². The van der Waals surface area contributed by atoms with Gasteiger partial charge >= 0.3 is 5.97 Å². The molecule has 4 nitrogen and oxygen atoms in total.